The highest BCUT2D eigenvalue weighted by molar-refractivity contribution is 6.31. The zero-order valence-corrected chi connectivity index (χ0v) is 10.6. The van der Waals surface area contributed by atoms with Crippen LogP contribution in [0.15, 0.2) is 35.3 Å². The third kappa shape index (κ3) is 2.54. The van der Waals surface area contributed by atoms with Crippen LogP contribution in [0.4, 0.5) is 0 Å². The lowest BCUT2D eigenvalue weighted by molar-refractivity contribution is -0.140. The van der Waals surface area contributed by atoms with Crippen molar-refractivity contribution in [2.24, 2.45) is 0 Å². The molecule has 2 aromatic rings. The molecule has 1 aromatic heterocycles. The molecule has 0 aliphatic carbocycles. The number of halogens is 1. The zero-order chi connectivity index (χ0) is 13.1. The molecule has 0 N–H and O–H groups in total. The second-order valence-electron chi connectivity index (χ2n) is 3.86. The Labute approximate surface area is 109 Å². The number of esters is 1. The summed E-state index contributed by atoms with van der Waals surface area (Å²) in [5.41, 5.74) is 0.662. The summed E-state index contributed by atoms with van der Waals surface area (Å²) in [5.74, 6) is -0.288. The van der Waals surface area contributed by atoms with Gasteiger partial charge in [0, 0.05) is 29.2 Å². The summed E-state index contributed by atoms with van der Waals surface area (Å²) in [4.78, 5) is 22.8. The molecule has 0 spiro atoms. The van der Waals surface area contributed by atoms with Gasteiger partial charge < -0.3 is 9.30 Å². The zero-order valence-electron chi connectivity index (χ0n) is 9.85. The van der Waals surface area contributed by atoms with Crippen molar-refractivity contribution in [3.05, 3.63) is 45.7 Å². The molecule has 0 aliphatic heterocycles. The number of fused-ring (bicyclic) bond motifs is 1. The van der Waals surface area contributed by atoms with Crippen LogP contribution in [0.2, 0.25) is 5.02 Å². The first-order valence-corrected chi connectivity index (χ1v) is 5.85. The minimum Gasteiger partial charge on any atom is -0.469 e. The maximum absolute atomic E-state index is 11.7. The van der Waals surface area contributed by atoms with Gasteiger partial charge >= 0.3 is 5.97 Å². The highest BCUT2D eigenvalue weighted by atomic mass is 35.5. The fourth-order valence-electron chi connectivity index (χ4n) is 1.79. The summed E-state index contributed by atoms with van der Waals surface area (Å²) >= 11 is 5.93. The maximum Gasteiger partial charge on any atom is 0.307 e. The lowest BCUT2D eigenvalue weighted by Crippen LogP contribution is -2.11. The lowest BCUT2D eigenvalue weighted by atomic mass is 10.2. The van der Waals surface area contributed by atoms with E-state index < -0.39 is 0 Å². The van der Waals surface area contributed by atoms with Crippen LogP contribution in [0.3, 0.4) is 0 Å². The van der Waals surface area contributed by atoms with Crippen LogP contribution in [0.1, 0.15) is 6.42 Å². The van der Waals surface area contributed by atoms with E-state index in [1.807, 2.05) is 4.57 Å². The first-order valence-electron chi connectivity index (χ1n) is 5.47. The number of methoxy groups -OCH3 is 1. The van der Waals surface area contributed by atoms with Gasteiger partial charge in [-0.1, -0.05) is 11.6 Å². The van der Waals surface area contributed by atoms with Gasteiger partial charge in [0.25, 0.3) is 0 Å². The SMILES string of the molecule is COC(=O)CCn1ccc(=O)c2ccc(Cl)cc21. The monoisotopic (exact) mass is 265 g/mol. The smallest absolute Gasteiger partial charge is 0.307 e. The first-order chi connectivity index (χ1) is 8.61. The van der Waals surface area contributed by atoms with Crippen LogP contribution in [-0.2, 0) is 16.1 Å². The van der Waals surface area contributed by atoms with Crippen LogP contribution in [0.25, 0.3) is 10.9 Å². The summed E-state index contributed by atoms with van der Waals surface area (Å²) in [6.45, 7) is 0.448. The van der Waals surface area contributed by atoms with Crippen LogP contribution >= 0.6 is 11.6 Å². The second kappa shape index (κ2) is 5.23. The third-order valence-electron chi connectivity index (χ3n) is 2.73. The van der Waals surface area contributed by atoms with Crippen molar-refractivity contribution in [2.45, 2.75) is 13.0 Å². The van der Waals surface area contributed by atoms with Gasteiger partial charge in [-0.25, -0.2) is 0 Å². The minimum absolute atomic E-state index is 0.0593. The summed E-state index contributed by atoms with van der Waals surface area (Å²) in [6.07, 6.45) is 1.91. The first kappa shape index (κ1) is 12.6. The number of nitrogens with zero attached hydrogens (tertiary/aromatic N) is 1. The Morgan fingerprint density at radius 3 is 2.89 bits per heavy atom. The molecule has 5 heteroatoms. The molecule has 4 nitrogen and oxygen atoms in total. The number of hydrogen-bond acceptors (Lipinski definition) is 3. The number of aryl methyl sites for hydroxylation is 1. The van der Waals surface area contributed by atoms with E-state index in [1.165, 1.54) is 13.2 Å². The van der Waals surface area contributed by atoms with Gasteiger partial charge in [-0.2, -0.15) is 0 Å². The molecule has 0 amide bonds. The molecule has 0 bridgehead atoms. The van der Waals surface area contributed by atoms with Gasteiger partial charge in [-0.05, 0) is 18.2 Å². The van der Waals surface area contributed by atoms with E-state index in [2.05, 4.69) is 4.74 Å². The van der Waals surface area contributed by atoms with Gasteiger partial charge in [0.15, 0.2) is 5.43 Å². The van der Waals surface area contributed by atoms with Gasteiger partial charge in [0.1, 0.15) is 0 Å². The molecule has 0 fully saturated rings. The van der Waals surface area contributed by atoms with E-state index in [-0.39, 0.29) is 17.8 Å². The van der Waals surface area contributed by atoms with Crippen molar-refractivity contribution in [1.29, 1.82) is 0 Å². The number of carbonyl (C=O) groups excluding carboxylic acids is 1. The molecule has 2 rings (SSSR count). The van der Waals surface area contributed by atoms with Crippen molar-refractivity contribution >= 4 is 28.5 Å². The molecule has 0 unspecified atom stereocenters. The van der Waals surface area contributed by atoms with E-state index >= 15 is 0 Å². The van der Waals surface area contributed by atoms with Crippen LogP contribution in [0.5, 0.6) is 0 Å². The number of hydrogen-bond donors (Lipinski definition) is 0. The van der Waals surface area contributed by atoms with Crippen LogP contribution < -0.4 is 5.43 Å². The average Bonchev–Trinajstić information content (AvgIpc) is 2.37. The molecule has 0 saturated heterocycles. The molecule has 18 heavy (non-hydrogen) atoms. The van der Waals surface area contributed by atoms with Crippen molar-refractivity contribution in [2.75, 3.05) is 7.11 Å². The maximum atomic E-state index is 11.7. The minimum atomic E-state index is -0.288. The molecular formula is C13H12ClNO3. The Kier molecular flexibility index (Phi) is 3.67. The predicted molar refractivity (Wildman–Crippen MR) is 69.9 cm³/mol. The number of ether oxygens (including phenoxy) is 1. The third-order valence-corrected chi connectivity index (χ3v) is 2.96. The molecular weight excluding hydrogens is 254 g/mol. The van der Waals surface area contributed by atoms with E-state index in [0.717, 1.165) is 5.52 Å². The summed E-state index contributed by atoms with van der Waals surface area (Å²) in [7, 11) is 1.35. The standard InChI is InChI=1S/C13H12ClNO3/c1-18-13(17)5-7-15-6-4-12(16)10-3-2-9(14)8-11(10)15/h2-4,6,8H,5,7H2,1H3. The highest BCUT2D eigenvalue weighted by Gasteiger charge is 2.06. The molecule has 0 aliphatic rings. The fraction of sp³-hybridized carbons (Fsp3) is 0.231. The Hall–Kier alpha value is -1.81. The lowest BCUT2D eigenvalue weighted by Gasteiger charge is -2.10. The van der Waals surface area contributed by atoms with Gasteiger partial charge in [-0.3, -0.25) is 9.59 Å². The van der Waals surface area contributed by atoms with Crippen molar-refractivity contribution in [3.63, 3.8) is 0 Å². The van der Waals surface area contributed by atoms with E-state index in [1.54, 1.807) is 24.4 Å². The van der Waals surface area contributed by atoms with Crippen molar-refractivity contribution in [1.82, 2.24) is 4.57 Å². The molecule has 0 radical (unpaired) electrons. The molecule has 0 atom stereocenters. The Balaban J connectivity index is 2.44. The Morgan fingerprint density at radius 2 is 2.17 bits per heavy atom. The van der Waals surface area contributed by atoms with Crippen molar-refractivity contribution < 1.29 is 9.53 Å². The van der Waals surface area contributed by atoms with Gasteiger partial charge in [-0.15, -0.1) is 0 Å². The average molecular weight is 266 g/mol. The molecule has 94 valence electrons. The Morgan fingerprint density at radius 1 is 1.39 bits per heavy atom. The topological polar surface area (TPSA) is 48.3 Å². The van der Waals surface area contributed by atoms with Crippen LogP contribution in [-0.4, -0.2) is 17.6 Å². The number of aromatic nitrogens is 1. The molecule has 0 saturated carbocycles. The normalized spacial score (nSPS) is 10.6. The van der Waals surface area contributed by atoms with E-state index in [9.17, 15) is 9.59 Å². The fourth-order valence-corrected chi connectivity index (χ4v) is 1.95. The van der Waals surface area contributed by atoms with Gasteiger partial charge in [0.05, 0.1) is 19.0 Å². The number of benzene rings is 1. The summed E-state index contributed by atoms with van der Waals surface area (Å²) in [6, 6.07) is 6.56. The number of rotatable bonds is 3. The summed E-state index contributed by atoms with van der Waals surface area (Å²) in [5, 5.41) is 1.15. The van der Waals surface area contributed by atoms with E-state index in [4.69, 9.17) is 11.6 Å². The number of carbonyl (C=O) groups is 1. The highest BCUT2D eigenvalue weighted by Crippen LogP contribution is 2.17. The predicted octanol–water partition coefficient (Wildman–Crippen LogP) is 2.22. The van der Waals surface area contributed by atoms with E-state index in [0.29, 0.717) is 17.0 Å². The summed E-state index contributed by atoms with van der Waals surface area (Å²) < 4.78 is 6.41. The number of pyridine rings is 1. The van der Waals surface area contributed by atoms with Crippen molar-refractivity contribution in [3.8, 4) is 0 Å². The molecule has 1 heterocycles. The second-order valence-corrected chi connectivity index (χ2v) is 4.30. The Bertz CT molecular complexity index is 648. The van der Waals surface area contributed by atoms with Crippen LogP contribution in [0, 0.1) is 0 Å². The largest absolute Gasteiger partial charge is 0.469 e. The van der Waals surface area contributed by atoms with Gasteiger partial charge in [0.2, 0.25) is 0 Å². The molecule has 1 aromatic carbocycles. The quantitative estimate of drug-likeness (QED) is 0.800.